The third-order valence-corrected chi connectivity index (χ3v) is 8.76. The van der Waals surface area contributed by atoms with Gasteiger partial charge in [0.15, 0.2) is 0 Å². The zero-order chi connectivity index (χ0) is 36.7. The lowest BCUT2D eigenvalue weighted by Crippen LogP contribution is -2.39. The molecule has 52 heavy (non-hydrogen) atoms. The summed E-state index contributed by atoms with van der Waals surface area (Å²) in [6, 6.07) is 12.3. The van der Waals surface area contributed by atoms with Gasteiger partial charge in [0, 0.05) is 44.1 Å². The third kappa shape index (κ3) is 10.7. The van der Waals surface area contributed by atoms with Crippen LogP contribution in [0.2, 0.25) is 0 Å². The van der Waals surface area contributed by atoms with Crippen LogP contribution in [0.1, 0.15) is 45.1 Å². The summed E-state index contributed by atoms with van der Waals surface area (Å²) in [6.45, 7) is 10.0. The number of anilines is 2. The Labute approximate surface area is 306 Å². The highest BCUT2D eigenvalue weighted by Crippen LogP contribution is 2.35. The molecular formula is C37H53N9O6. The van der Waals surface area contributed by atoms with Crippen LogP contribution in [0.3, 0.4) is 0 Å². The van der Waals surface area contributed by atoms with E-state index in [9.17, 15) is 0 Å². The summed E-state index contributed by atoms with van der Waals surface area (Å²) < 4.78 is 34.8. The Kier molecular flexibility index (Phi) is 14.4. The first-order valence-electron chi connectivity index (χ1n) is 17.9. The predicted octanol–water partition coefficient (Wildman–Crippen LogP) is 4.82. The van der Waals surface area contributed by atoms with Crippen LogP contribution < -0.4 is 44.4 Å². The number of hydrogen-bond acceptors (Lipinski definition) is 14. The minimum absolute atomic E-state index is 0.289. The van der Waals surface area contributed by atoms with E-state index in [2.05, 4.69) is 52.9 Å². The van der Waals surface area contributed by atoms with Gasteiger partial charge < -0.3 is 48.9 Å². The SMILES string of the molecule is CCOc1cc(CN2CCC(Nc3nc(OC)cc(OC)n3)CC2)cc(OCC)c1-n1cccc1.COc1cc(OC)nc(NC2CCNCC2)n1. The van der Waals surface area contributed by atoms with Crippen LogP contribution in [-0.4, -0.2) is 109 Å². The summed E-state index contributed by atoms with van der Waals surface area (Å²) in [5, 5.41) is 10.1. The van der Waals surface area contributed by atoms with Gasteiger partial charge in [0.05, 0.1) is 53.8 Å². The Morgan fingerprint density at radius 3 is 1.52 bits per heavy atom. The molecule has 3 N–H and O–H groups in total. The van der Waals surface area contributed by atoms with Gasteiger partial charge in [-0.2, -0.15) is 19.9 Å². The number of nitrogens with one attached hydrogen (secondary N) is 3. The van der Waals surface area contributed by atoms with Crippen LogP contribution in [-0.2, 0) is 6.54 Å². The van der Waals surface area contributed by atoms with Gasteiger partial charge in [-0.3, -0.25) is 4.90 Å². The van der Waals surface area contributed by atoms with Crippen molar-refractivity contribution in [3.63, 3.8) is 0 Å². The Balaban J connectivity index is 0.000000257. The molecule has 2 aliphatic heterocycles. The van der Waals surface area contributed by atoms with E-state index in [1.165, 1.54) is 5.56 Å². The third-order valence-electron chi connectivity index (χ3n) is 8.76. The molecule has 0 unspecified atom stereocenters. The van der Waals surface area contributed by atoms with E-state index >= 15 is 0 Å². The maximum absolute atomic E-state index is 6.04. The van der Waals surface area contributed by atoms with Gasteiger partial charge in [-0.15, -0.1) is 0 Å². The molecule has 4 aromatic rings. The highest BCUT2D eigenvalue weighted by atomic mass is 16.5. The zero-order valence-corrected chi connectivity index (χ0v) is 31.2. The smallest absolute Gasteiger partial charge is 0.229 e. The number of likely N-dealkylation sites (tertiary alicyclic amines) is 1. The van der Waals surface area contributed by atoms with E-state index in [-0.39, 0.29) is 6.04 Å². The molecule has 0 bridgehead atoms. The molecule has 15 heteroatoms. The molecule has 282 valence electrons. The summed E-state index contributed by atoms with van der Waals surface area (Å²) in [5.41, 5.74) is 2.12. The maximum Gasteiger partial charge on any atom is 0.229 e. The molecule has 1 aromatic carbocycles. The van der Waals surface area contributed by atoms with E-state index in [0.717, 1.165) is 75.6 Å². The summed E-state index contributed by atoms with van der Waals surface area (Å²) >= 11 is 0. The predicted molar refractivity (Wildman–Crippen MR) is 200 cm³/mol. The van der Waals surface area contributed by atoms with Crippen molar-refractivity contribution in [3.8, 4) is 40.7 Å². The second-order valence-electron chi connectivity index (χ2n) is 12.3. The molecule has 5 heterocycles. The molecule has 2 fully saturated rings. The van der Waals surface area contributed by atoms with E-state index < -0.39 is 0 Å². The fraction of sp³-hybridized carbons (Fsp3) is 0.514. The van der Waals surface area contributed by atoms with Gasteiger partial charge in [0.25, 0.3) is 0 Å². The van der Waals surface area contributed by atoms with E-state index in [1.54, 1.807) is 40.6 Å². The van der Waals surface area contributed by atoms with Gasteiger partial charge in [-0.25, -0.2) is 0 Å². The summed E-state index contributed by atoms with van der Waals surface area (Å²) in [4.78, 5) is 19.8. The quantitative estimate of drug-likeness (QED) is 0.154. The van der Waals surface area contributed by atoms with Crippen LogP contribution in [0.15, 0.2) is 48.8 Å². The first-order chi connectivity index (χ1) is 25.4. The van der Waals surface area contributed by atoms with Crippen LogP contribution in [0, 0.1) is 0 Å². The molecule has 0 radical (unpaired) electrons. The molecule has 2 saturated heterocycles. The van der Waals surface area contributed by atoms with Gasteiger partial charge in [-0.1, -0.05) is 0 Å². The topological polar surface area (TPSA) is 151 Å². The Morgan fingerprint density at radius 1 is 0.654 bits per heavy atom. The standard InChI is InChI=1S/C26H35N5O4.C11H18N4O2/c1-5-34-21-15-19(16-22(35-6-2)25(21)31-11-7-8-12-31)18-30-13-9-20(10-14-30)27-26-28-23(32-3)17-24(29-26)33-4;1-16-9-7-10(17-2)15-11(14-9)13-8-3-5-12-6-4-8/h7-8,11-12,15-17,20H,5-6,9-10,13-14,18H2,1-4H3,(H,27,28,29);7-8,12H,3-6H2,1-2H3,(H,13,14,15). The van der Waals surface area contributed by atoms with Crippen molar-refractivity contribution in [2.24, 2.45) is 0 Å². The first kappa shape index (κ1) is 38.2. The maximum atomic E-state index is 6.04. The molecule has 15 nitrogen and oxygen atoms in total. The van der Waals surface area contributed by atoms with Gasteiger partial charge >= 0.3 is 0 Å². The zero-order valence-electron chi connectivity index (χ0n) is 31.2. The number of benzene rings is 1. The largest absolute Gasteiger partial charge is 0.492 e. The first-order valence-corrected chi connectivity index (χ1v) is 17.9. The van der Waals surface area contributed by atoms with Crippen LogP contribution >= 0.6 is 0 Å². The lowest BCUT2D eigenvalue weighted by Gasteiger charge is -2.32. The lowest BCUT2D eigenvalue weighted by molar-refractivity contribution is 0.210. The van der Waals surface area contributed by atoms with Crippen molar-refractivity contribution in [2.75, 3.05) is 78.5 Å². The molecule has 0 saturated carbocycles. The molecule has 0 amide bonds. The molecule has 0 aliphatic carbocycles. The number of nitrogens with zero attached hydrogens (tertiary/aromatic N) is 6. The van der Waals surface area contributed by atoms with Crippen LogP contribution in [0.4, 0.5) is 11.9 Å². The number of methoxy groups -OCH3 is 4. The van der Waals surface area contributed by atoms with Crippen molar-refractivity contribution >= 4 is 11.9 Å². The van der Waals surface area contributed by atoms with Crippen molar-refractivity contribution in [1.29, 1.82) is 0 Å². The monoisotopic (exact) mass is 719 g/mol. The highest BCUT2D eigenvalue weighted by molar-refractivity contribution is 5.59. The molecule has 3 aromatic heterocycles. The van der Waals surface area contributed by atoms with Gasteiger partial charge in [-0.05, 0) is 82.4 Å². The average Bonchev–Trinajstić information content (AvgIpc) is 3.71. The molecular weight excluding hydrogens is 666 g/mol. The van der Waals surface area contributed by atoms with E-state index in [1.807, 2.05) is 42.9 Å². The molecule has 6 rings (SSSR count). The number of piperidine rings is 2. The summed E-state index contributed by atoms with van der Waals surface area (Å²) in [7, 11) is 6.33. The van der Waals surface area contributed by atoms with Crippen molar-refractivity contribution in [3.05, 3.63) is 54.4 Å². The van der Waals surface area contributed by atoms with E-state index in [0.29, 0.717) is 54.7 Å². The highest BCUT2D eigenvalue weighted by Gasteiger charge is 2.22. The number of aromatic nitrogens is 5. The fourth-order valence-electron chi connectivity index (χ4n) is 6.18. The van der Waals surface area contributed by atoms with Gasteiger partial charge in [0.1, 0.15) is 17.2 Å². The number of hydrogen-bond donors (Lipinski definition) is 3. The van der Waals surface area contributed by atoms with Gasteiger partial charge in [0.2, 0.25) is 35.4 Å². The average molecular weight is 720 g/mol. The summed E-state index contributed by atoms with van der Waals surface area (Å²) in [6.07, 6.45) is 8.15. The number of rotatable bonds is 15. The normalized spacial score (nSPS) is 15.2. The fourth-order valence-corrected chi connectivity index (χ4v) is 6.18. The second kappa shape index (κ2) is 19.6. The lowest BCUT2D eigenvalue weighted by atomic mass is 10.0. The minimum Gasteiger partial charge on any atom is -0.492 e. The van der Waals surface area contributed by atoms with Crippen molar-refractivity contribution < 1.29 is 28.4 Å². The van der Waals surface area contributed by atoms with Crippen molar-refractivity contribution in [2.45, 2.75) is 58.2 Å². The molecule has 0 atom stereocenters. The molecule has 0 spiro atoms. The Bertz CT molecular complexity index is 1590. The Morgan fingerprint density at radius 2 is 1.10 bits per heavy atom. The van der Waals surface area contributed by atoms with E-state index in [4.69, 9.17) is 28.4 Å². The number of ether oxygens (including phenoxy) is 6. The van der Waals surface area contributed by atoms with Crippen LogP contribution in [0.5, 0.6) is 35.0 Å². The second-order valence-corrected chi connectivity index (χ2v) is 12.3. The van der Waals surface area contributed by atoms with Crippen LogP contribution in [0.25, 0.3) is 5.69 Å². The Hall–Kier alpha value is -5.02. The minimum atomic E-state index is 0.289. The van der Waals surface area contributed by atoms with Crippen molar-refractivity contribution in [1.82, 2.24) is 34.7 Å². The molecule has 2 aliphatic rings. The summed E-state index contributed by atoms with van der Waals surface area (Å²) in [5.74, 6) is 4.75.